The van der Waals surface area contributed by atoms with E-state index in [9.17, 15) is 19.5 Å². The van der Waals surface area contributed by atoms with Crippen molar-refractivity contribution in [2.24, 2.45) is 0 Å². The van der Waals surface area contributed by atoms with Crippen LogP contribution in [0.5, 0.6) is 0 Å². The van der Waals surface area contributed by atoms with Crippen molar-refractivity contribution in [3.05, 3.63) is 11.8 Å². The van der Waals surface area contributed by atoms with Crippen molar-refractivity contribution in [2.45, 2.75) is 39.3 Å². The summed E-state index contributed by atoms with van der Waals surface area (Å²) in [7, 11) is 0. The molecule has 3 atom stereocenters. The second kappa shape index (κ2) is 7.01. The van der Waals surface area contributed by atoms with Gasteiger partial charge in [-0.15, -0.1) is 0 Å². The number of hydrogen-bond donors (Lipinski definition) is 1. The molecule has 1 heterocycles. The number of esters is 3. The van der Waals surface area contributed by atoms with E-state index in [-0.39, 0.29) is 12.4 Å². The first kappa shape index (κ1) is 16.1. The number of carbonyl (C=O) groups is 3. The summed E-state index contributed by atoms with van der Waals surface area (Å²) in [5.41, 5.74) is 0. The Kier molecular flexibility index (Phi) is 5.66. The van der Waals surface area contributed by atoms with E-state index in [2.05, 4.69) is 0 Å². The number of aliphatic hydroxyl groups is 1. The Balaban J connectivity index is 2.91. The quantitative estimate of drug-likeness (QED) is 0.552. The number of aliphatic hydroxyl groups excluding tert-OH is 1. The summed E-state index contributed by atoms with van der Waals surface area (Å²) in [6.45, 7) is 3.26. The van der Waals surface area contributed by atoms with E-state index < -0.39 is 36.4 Å². The molecule has 0 radical (unpaired) electrons. The molecule has 20 heavy (non-hydrogen) atoms. The smallest absolute Gasteiger partial charge is 0.307 e. The number of rotatable bonds is 4. The number of carbonyl (C=O) groups excluding carboxylic acids is 3. The van der Waals surface area contributed by atoms with E-state index in [0.717, 1.165) is 13.0 Å². The van der Waals surface area contributed by atoms with Crippen molar-refractivity contribution in [1.29, 1.82) is 0 Å². The summed E-state index contributed by atoms with van der Waals surface area (Å²) in [6.07, 6.45) is -2.33. The van der Waals surface area contributed by atoms with E-state index in [1.54, 1.807) is 0 Å². The molecule has 8 nitrogen and oxygen atoms in total. The summed E-state index contributed by atoms with van der Waals surface area (Å²) in [6, 6.07) is 0. The summed E-state index contributed by atoms with van der Waals surface area (Å²) in [5, 5.41) is 9.51. The highest BCUT2D eigenvalue weighted by molar-refractivity contribution is 5.69. The average molecular weight is 288 g/mol. The predicted molar refractivity (Wildman–Crippen MR) is 62.9 cm³/mol. The van der Waals surface area contributed by atoms with Gasteiger partial charge in [0.2, 0.25) is 0 Å². The van der Waals surface area contributed by atoms with Gasteiger partial charge in [0.25, 0.3) is 0 Å². The van der Waals surface area contributed by atoms with E-state index in [1.807, 2.05) is 0 Å². The van der Waals surface area contributed by atoms with Crippen molar-refractivity contribution < 1.29 is 38.4 Å². The molecule has 0 saturated heterocycles. The monoisotopic (exact) mass is 288 g/mol. The van der Waals surface area contributed by atoms with E-state index in [4.69, 9.17) is 18.9 Å². The minimum absolute atomic E-state index is 0.0661. The molecule has 0 aliphatic carbocycles. The van der Waals surface area contributed by atoms with Crippen molar-refractivity contribution in [3.8, 4) is 0 Å². The Bertz CT molecular complexity index is 427. The van der Waals surface area contributed by atoms with Crippen LogP contribution in [0, 0.1) is 0 Å². The Morgan fingerprint density at radius 2 is 1.85 bits per heavy atom. The van der Waals surface area contributed by atoms with Gasteiger partial charge in [-0.3, -0.25) is 14.4 Å². The van der Waals surface area contributed by atoms with Gasteiger partial charge in [-0.05, 0) is 0 Å². The van der Waals surface area contributed by atoms with Crippen LogP contribution < -0.4 is 0 Å². The van der Waals surface area contributed by atoms with Crippen molar-refractivity contribution in [2.75, 3.05) is 6.61 Å². The van der Waals surface area contributed by atoms with E-state index in [1.165, 1.54) is 13.8 Å². The Labute approximate surface area is 115 Å². The van der Waals surface area contributed by atoms with Crippen LogP contribution in [0.2, 0.25) is 0 Å². The van der Waals surface area contributed by atoms with E-state index in [0.29, 0.717) is 0 Å². The third kappa shape index (κ3) is 4.98. The summed E-state index contributed by atoms with van der Waals surface area (Å²) in [5.74, 6) is -1.91. The molecule has 1 aliphatic heterocycles. The normalized spacial score (nSPS) is 25.4. The third-order valence-electron chi connectivity index (χ3n) is 2.24. The van der Waals surface area contributed by atoms with Crippen LogP contribution in [0.1, 0.15) is 20.8 Å². The highest BCUT2D eigenvalue weighted by Crippen LogP contribution is 2.23. The first-order valence-corrected chi connectivity index (χ1v) is 5.84. The molecular formula is C12H16O8. The number of hydrogen-bond acceptors (Lipinski definition) is 8. The maximum absolute atomic E-state index is 11.1. The molecule has 0 amide bonds. The van der Waals surface area contributed by atoms with Gasteiger partial charge < -0.3 is 24.1 Å². The average Bonchev–Trinajstić information content (AvgIpc) is 2.28. The standard InChI is InChI=1S/C12H16O8/c1-6(13)17-5-10-12(19-8(3)15)9(18-7(2)14)4-11(16)20-10/h4,10-12,16H,5H2,1-3H3/t10-,11+,12-/m1/s1. The zero-order chi connectivity index (χ0) is 15.3. The fourth-order valence-corrected chi connectivity index (χ4v) is 1.61. The van der Waals surface area contributed by atoms with Gasteiger partial charge in [0, 0.05) is 26.8 Å². The second-order valence-corrected chi connectivity index (χ2v) is 4.06. The van der Waals surface area contributed by atoms with Gasteiger partial charge >= 0.3 is 17.9 Å². The molecule has 1 rings (SSSR count). The van der Waals surface area contributed by atoms with Gasteiger partial charge in [0.15, 0.2) is 18.2 Å². The minimum atomic E-state index is -1.36. The van der Waals surface area contributed by atoms with Gasteiger partial charge in [-0.2, -0.15) is 0 Å². The van der Waals surface area contributed by atoms with Gasteiger partial charge in [0.05, 0.1) is 0 Å². The lowest BCUT2D eigenvalue weighted by Crippen LogP contribution is -2.45. The fraction of sp³-hybridized carbons (Fsp3) is 0.583. The van der Waals surface area contributed by atoms with Gasteiger partial charge in [-0.1, -0.05) is 0 Å². The molecule has 0 unspecified atom stereocenters. The lowest BCUT2D eigenvalue weighted by Gasteiger charge is -2.32. The molecule has 112 valence electrons. The number of ether oxygens (including phenoxy) is 4. The lowest BCUT2D eigenvalue weighted by atomic mass is 10.1. The highest BCUT2D eigenvalue weighted by Gasteiger charge is 2.37. The second-order valence-electron chi connectivity index (χ2n) is 4.06. The zero-order valence-corrected chi connectivity index (χ0v) is 11.3. The molecular weight excluding hydrogens is 272 g/mol. The maximum Gasteiger partial charge on any atom is 0.307 e. The molecule has 0 fully saturated rings. The predicted octanol–water partition coefficient (Wildman–Crippen LogP) is -0.355. The summed E-state index contributed by atoms with van der Waals surface area (Å²) < 4.78 is 19.7. The van der Waals surface area contributed by atoms with E-state index >= 15 is 0 Å². The molecule has 0 bridgehead atoms. The highest BCUT2D eigenvalue weighted by atomic mass is 16.7. The van der Waals surface area contributed by atoms with Crippen molar-refractivity contribution in [3.63, 3.8) is 0 Å². The van der Waals surface area contributed by atoms with Crippen LogP contribution in [-0.2, 0) is 33.3 Å². The van der Waals surface area contributed by atoms with Gasteiger partial charge in [-0.25, -0.2) is 0 Å². The first-order valence-electron chi connectivity index (χ1n) is 5.84. The van der Waals surface area contributed by atoms with Crippen LogP contribution in [0.25, 0.3) is 0 Å². The molecule has 0 saturated carbocycles. The van der Waals surface area contributed by atoms with Crippen LogP contribution in [-0.4, -0.2) is 48.1 Å². The zero-order valence-electron chi connectivity index (χ0n) is 11.3. The molecule has 8 heteroatoms. The summed E-state index contributed by atoms with van der Waals surface area (Å²) in [4.78, 5) is 32.9. The maximum atomic E-state index is 11.1. The molecule has 1 N–H and O–H groups in total. The Morgan fingerprint density at radius 1 is 1.20 bits per heavy atom. The molecule has 0 aromatic carbocycles. The molecule has 0 spiro atoms. The topological polar surface area (TPSA) is 108 Å². The molecule has 0 aromatic rings. The van der Waals surface area contributed by atoms with Gasteiger partial charge in [0.1, 0.15) is 12.7 Å². The van der Waals surface area contributed by atoms with Crippen LogP contribution >= 0.6 is 0 Å². The fourth-order valence-electron chi connectivity index (χ4n) is 1.61. The SMILES string of the molecule is CC(=O)OC[C@H]1O[C@H](O)C=C(OC(C)=O)[C@H]1OC(C)=O. The van der Waals surface area contributed by atoms with Crippen LogP contribution in [0.15, 0.2) is 11.8 Å². The molecule has 1 aliphatic rings. The van der Waals surface area contributed by atoms with Crippen LogP contribution in [0.3, 0.4) is 0 Å². The van der Waals surface area contributed by atoms with Crippen LogP contribution in [0.4, 0.5) is 0 Å². The minimum Gasteiger partial charge on any atom is -0.463 e. The third-order valence-corrected chi connectivity index (χ3v) is 2.24. The van der Waals surface area contributed by atoms with Crippen molar-refractivity contribution >= 4 is 17.9 Å². The first-order chi connectivity index (χ1) is 9.29. The Hall–Kier alpha value is -1.93. The Morgan fingerprint density at radius 3 is 2.35 bits per heavy atom. The molecule has 0 aromatic heterocycles. The van der Waals surface area contributed by atoms with Crippen molar-refractivity contribution in [1.82, 2.24) is 0 Å². The lowest BCUT2D eigenvalue weighted by molar-refractivity contribution is -0.194. The largest absolute Gasteiger partial charge is 0.463 e. The summed E-state index contributed by atoms with van der Waals surface area (Å²) >= 11 is 0.